The van der Waals surface area contributed by atoms with Crippen molar-refractivity contribution in [3.8, 4) is 0 Å². The summed E-state index contributed by atoms with van der Waals surface area (Å²) in [5.74, 6) is 0. The van der Waals surface area contributed by atoms with Gasteiger partial charge in [-0.05, 0) is 22.3 Å². The predicted octanol–water partition coefficient (Wildman–Crippen LogP) is 5.19. The summed E-state index contributed by atoms with van der Waals surface area (Å²) in [6.45, 7) is 1.52. The van der Waals surface area contributed by atoms with Crippen molar-refractivity contribution in [2.24, 2.45) is 5.73 Å². The monoisotopic (exact) mass is 422 g/mol. The fourth-order valence-electron chi connectivity index (χ4n) is 4.10. The highest BCUT2D eigenvalue weighted by Crippen LogP contribution is 2.31. The topological polar surface area (TPSA) is 49.5 Å². The van der Waals surface area contributed by atoms with Gasteiger partial charge in [0, 0.05) is 13.1 Å². The maximum Gasteiger partial charge on any atom is 0.0794 e. The zero-order valence-corrected chi connectivity index (χ0v) is 18.2. The van der Waals surface area contributed by atoms with Crippen LogP contribution in [0.4, 0.5) is 0 Å². The Morgan fingerprint density at radius 2 is 0.875 bits per heavy atom. The van der Waals surface area contributed by atoms with Gasteiger partial charge in [0.05, 0.1) is 18.2 Å². The number of hydrogen-bond acceptors (Lipinski definition) is 3. The van der Waals surface area contributed by atoms with Crippen LogP contribution in [-0.4, -0.2) is 29.2 Å². The van der Waals surface area contributed by atoms with Gasteiger partial charge in [-0.1, -0.05) is 121 Å². The molecule has 0 aliphatic carbocycles. The zero-order valence-electron chi connectivity index (χ0n) is 18.2. The smallest absolute Gasteiger partial charge is 0.0794 e. The van der Waals surface area contributed by atoms with Gasteiger partial charge in [-0.2, -0.15) is 0 Å². The fourth-order valence-corrected chi connectivity index (χ4v) is 4.10. The first-order chi connectivity index (χ1) is 15.7. The van der Waals surface area contributed by atoms with Crippen molar-refractivity contribution < 1.29 is 5.11 Å². The quantitative estimate of drug-likeness (QED) is 0.465. The van der Waals surface area contributed by atoms with E-state index in [-0.39, 0.29) is 18.2 Å². The Bertz CT molecular complexity index is 970. The number of benzene rings is 4. The lowest BCUT2D eigenvalue weighted by Crippen LogP contribution is -2.52. The van der Waals surface area contributed by atoms with Crippen LogP contribution in [0, 0.1) is 0 Å². The Hall–Kier alpha value is -3.24. The van der Waals surface area contributed by atoms with E-state index in [0.29, 0.717) is 0 Å². The number of hydrogen-bond donors (Lipinski definition) is 2. The molecule has 4 aromatic rings. The molecule has 0 saturated carbocycles. The van der Waals surface area contributed by atoms with E-state index in [2.05, 4.69) is 77.7 Å². The van der Waals surface area contributed by atoms with E-state index in [0.717, 1.165) is 24.2 Å². The van der Waals surface area contributed by atoms with Crippen LogP contribution >= 0.6 is 0 Å². The summed E-state index contributed by atoms with van der Waals surface area (Å²) >= 11 is 0. The molecular formula is C29H30N2O. The molecule has 3 heteroatoms. The average Bonchev–Trinajstić information content (AvgIpc) is 2.85. The standard InChI is InChI=1S/C16H17NO.C13H13N/c18-15-11-17(12-15)16(13-7-3-1-4-8-13)14-9-5-2-6-10-14;14-13(11-7-3-1-4-8-11)12-9-5-2-6-10-12/h1-10,15-16,18H,11-12H2;1-10,13H,14H2. The van der Waals surface area contributed by atoms with E-state index < -0.39 is 0 Å². The molecule has 5 rings (SSSR count). The lowest BCUT2D eigenvalue weighted by molar-refractivity contribution is -0.0160. The van der Waals surface area contributed by atoms with Crippen molar-refractivity contribution in [3.63, 3.8) is 0 Å². The molecule has 0 amide bonds. The minimum Gasteiger partial charge on any atom is -0.390 e. The molecule has 0 atom stereocenters. The molecule has 1 heterocycles. The molecule has 1 aliphatic rings. The summed E-state index contributed by atoms with van der Waals surface area (Å²) in [6.07, 6.45) is -0.167. The fraction of sp³-hybridized carbons (Fsp3) is 0.172. The van der Waals surface area contributed by atoms with E-state index in [1.807, 2.05) is 48.5 Å². The van der Waals surface area contributed by atoms with Gasteiger partial charge in [0.15, 0.2) is 0 Å². The molecule has 3 nitrogen and oxygen atoms in total. The second-order valence-corrected chi connectivity index (χ2v) is 8.13. The SMILES string of the molecule is NC(c1ccccc1)c1ccccc1.OC1CN(C(c2ccccc2)c2ccccc2)C1. The second kappa shape index (κ2) is 10.9. The van der Waals surface area contributed by atoms with Crippen LogP contribution in [0.2, 0.25) is 0 Å². The zero-order chi connectivity index (χ0) is 22.2. The van der Waals surface area contributed by atoms with Crippen LogP contribution in [0.15, 0.2) is 121 Å². The van der Waals surface area contributed by atoms with Crippen LogP contribution < -0.4 is 5.73 Å². The summed E-state index contributed by atoms with van der Waals surface area (Å²) in [5.41, 5.74) is 11.0. The molecule has 0 bridgehead atoms. The highest BCUT2D eigenvalue weighted by atomic mass is 16.3. The number of nitrogens with zero attached hydrogens (tertiary/aromatic N) is 1. The third kappa shape index (κ3) is 5.51. The van der Waals surface area contributed by atoms with Crippen LogP contribution in [0.25, 0.3) is 0 Å². The van der Waals surface area contributed by atoms with Crippen molar-refractivity contribution >= 4 is 0 Å². The molecule has 1 saturated heterocycles. The van der Waals surface area contributed by atoms with Crippen molar-refractivity contribution in [2.75, 3.05) is 13.1 Å². The van der Waals surface area contributed by atoms with Crippen LogP contribution in [0.3, 0.4) is 0 Å². The number of rotatable bonds is 5. The average molecular weight is 423 g/mol. The molecule has 3 N–H and O–H groups in total. The van der Waals surface area contributed by atoms with Gasteiger partial charge in [-0.25, -0.2) is 0 Å². The maximum atomic E-state index is 9.52. The third-order valence-electron chi connectivity index (χ3n) is 5.80. The molecule has 1 fully saturated rings. The summed E-state index contributed by atoms with van der Waals surface area (Å²) < 4.78 is 0. The van der Waals surface area contributed by atoms with Crippen LogP contribution in [0.1, 0.15) is 34.3 Å². The molecule has 162 valence electrons. The normalized spacial score (nSPS) is 14.0. The van der Waals surface area contributed by atoms with Crippen molar-refractivity contribution in [2.45, 2.75) is 18.2 Å². The maximum absolute atomic E-state index is 9.52. The minimum absolute atomic E-state index is 0.0163. The van der Waals surface area contributed by atoms with E-state index in [1.54, 1.807) is 0 Å². The van der Waals surface area contributed by atoms with Gasteiger partial charge in [0.1, 0.15) is 0 Å². The van der Waals surface area contributed by atoms with Gasteiger partial charge < -0.3 is 10.8 Å². The predicted molar refractivity (Wildman–Crippen MR) is 131 cm³/mol. The molecule has 0 spiro atoms. The van der Waals surface area contributed by atoms with Crippen molar-refractivity contribution in [1.29, 1.82) is 0 Å². The van der Waals surface area contributed by atoms with Crippen molar-refractivity contribution in [1.82, 2.24) is 4.90 Å². The largest absolute Gasteiger partial charge is 0.390 e. The van der Waals surface area contributed by atoms with Gasteiger partial charge in [-0.15, -0.1) is 0 Å². The molecule has 4 aromatic carbocycles. The summed E-state index contributed by atoms with van der Waals surface area (Å²) in [7, 11) is 0. The van der Waals surface area contributed by atoms with Crippen molar-refractivity contribution in [3.05, 3.63) is 144 Å². The Morgan fingerprint density at radius 3 is 1.19 bits per heavy atom. The van der Waals surface area contributed by atoms with E-state index >= 15 is 0 Å². The molecule has 0 aromatic heterocycles. The van der Waals surface area contributed by atoms with E-state index in [1.165, 1.54) is 11.1 Å². The Labute approximate surface area is 190 Å². The minimum atomic E-state index is -0.167. The highest BCUT2D eigenvalue weighted by Gasteiger charge is 2.32. The number of aliphatic hydroxyl groups is 1. The lowest BCUT2D eigenvalue weighted by atomic mass is 9.94. The first-order valence-electron chi connectivity index (χ1n) is 11.1. The van der Waals surface area contributed by atoms with Crippen LogP contribution in [0.5, 0.6) is 0 Å². The molecule has 0 unspecified atom stereocenters. The second-order valence-electron chi connectivity index (χ2n) is 8.13. The lowest BCUT2D eigenvalue weighted by Gasteiger charge is -2.42. The first-order valence-corrected chi connectivity index (χ1v) is 11.1. The number of nitrogens with two attached hydrogens (primary N) is 1. The number of aliphatic hydroxyl groups excluding tert-OH is 1. The third-order valence-corrected chi connectivity index (χ3v) is 5.80. The van der Waals surface area contributed by atoms with Crippen LogP contribution in [-0.2, 0) is 0 Å². The Kier molecular flexibility index (Phi) is 7.47. The van der Waals surface area contributed by atoms with Gasteiger partial charge >= 0.3 is 0 Å². The summed E-state index contributed by atoms with van der Waals surface area (Å²) in [4.78, 5) is 2.31. The summed E-state index contributed by atoms with van der Waals surface area (Å²) in [6, 6.07) is 41.5. The van der Waals surface area contributed by atoms with E-state index in [4.69, 9.17) is 5.73 Å². The molecule has 0 radical (unpaired) electrons. The molecule has 32 heavy (non-hydrogen) atoms. The number of β-amino-alcohol motifs (C(OH)–C–C–N with tert-alkyl or cyclic N) is 1. The first kappa shape index (κ1) is 22.0. The number of likely N-dealkylation sites (tertiary alicyclic amines) is 1. The van der Waals surface area contributed by atoms with E-state index in [9.17, 15) is 5.11 Å². The Balaban J connectivity index is 0.000000158. The molecular weight excluding hydrogens is 392 g/mol. The molecule has 1 aliphatic heterocycles. The van der Waals surface area contributed by atoms with Gasteiger partial charge in [-0.3, -0.25) is 4.90 Å². The summed E-state index contributed by atoms with van der Waals surface area (Å²) in [5, 5.41) is 9.52. The van der Waals surface area contributed by atoms with Gasteiger partial charge in [0.2, 0.25) is 0 Å². The highest BCUT2D eigenvalue weighted by molar-refractivity contribution is 5.33. The Morgan fingerprint density at radius 1 is 0.562 bits per heavy atom. The van der Waals surface area contributed by atoms with Gasteiger partial charge in [0.25, 0.3) is 0 Å².